The van der Waals surface area contributed by atoms with Crippen molar-refractivity contribution < 1.29 is 5.26 Å². The molecule has 0 unspecified atom stereocenters. The molecular formula is C17H19N2+. The Kier molecular flexibility index (Phi) is 4.72. The zero-order chi connectivity index (χ0) is 13.5. The minimum atomic E-state index is -0.0670. The fourth-order valence-electron chi connectivity index (χ4n) is 2.13. The van der Waals surface area contributed by atoms with Crippen LogP contribution in [0.4, 0.5) is 0 Å². The monoisotopic (exact) mass is 251 g/mol. The number of nitrogens with one attached hydrogen (secondary N) is 2. The number of benzene rings is 2. The molecule has 2 rings (SSSR count). The maximum atomic E-state index is 7.49. The van der Waals surface area contributed by atoms with E-state index >= 15 is 0 Å². The van der Waals surface area contributed by atoms with Crippen molar-refractivity contribution >= 4 is 0 Å². The highest BCUT2D eigenvalue weighted by Gasteiger charge is 2.20. The van der Waals surface area contributed by atoms with Crippen molar-refractivity contribution in [2.24, 2.45) is 0 Å². The molecule has 2 atom stereocenters. The molecule has 2 aromatic rings. The second-order valence-corrected chi connectivity index (χ2v) is 4.69. The number of hydrogen-bond donors (Lipinski definition) is 2. The molecule has 0 saturated carbocycles. The predicted molar refractivity (Wildman–Crippen MR) is 76.8 cm³/mol. The summed E-state index contributed by atoms with van der Waals surface area (Å²) in [5.41, 5.74) is 2.45. The highest BCUT2D eigenvalue weighted by atomic mass is 14.9. The van der Waals surface area contributed by atoms with Gasteiger partial charge in [0, 0.05) is 12.5 Å². The predicted octanol–water partition coefficient (Wildman–Crippen LogP) is 1.72. The van der Waals surface area contributed by atoms with Gasteiger partial charge in [0.1, 0.15) is 6.04 Å². The number of rotatable bonds is 5. The first-order valence-corrected chi connectivity index (χ1v) is 6.56. The molecule has 0 heterocycles. The Bertz CT molecular complexity index is 528. The highest BCUT2D eigenvalue weighted by molar-refractivity contribution is 5.23. The lowest BCUT2D eigenvalue weighted by atomic mass is 9.94. The average Bonchev–Trinajstić information content (AvgIpc) is 2.49. The Hall–Kier alpha value is -2.11. The minimum Gasteiger partial charge on any atom is -0.294 e. The van der Waals surface area contributed by atoms with Crippen LogP contribution >= 0.6 is 0 Å². The lowest BCUT2D eigenvalue weighted by molar-refractivity contribution is -0.0973. The first-order chi connectivity index (χ1) is 9.31. The van der Waals surface area contributed by atoms with Crippen LogP contribution in [0.3, 0.4) is 0 Å². The Balaban J connectivity index is 1.99. The van der Waals surface area contributed by atoms with Crippen molar-refractivity contribution in [2.75, 3.05) is 0 Å². The van der Waals surface area contributed by atoms with E-state index in [0.29, 0.717) is 0 Å². The molecule has 0 spiro atoms. The second kappa shape index (κ2) is 6.72. The van der Waals surface area contributed by atoms with E-state index in [1.807, 2.05) is 36.4 Å². The van der Waals surface area contributed by atoms with Gasteiger partial charge in [0.2, 0.25) is 0 Å². The molecule has 0 fully saturated rings. The molecule has 96 valence electrons. The van der Waals surface area contributed by atoms with Crippen molar-refractivity contribution in [3.05, 3.63) is 71.8 Å². The van der Waals surface area contributed by atoms with Crippen LogP contribution in [-0.2, 0) is 6.54 Å². The third-order valence-electron chi connectivity index (χ3n) is 3.35. The number of hydrogen-bond acceptors (Lipinski definition) is 1. The molecule has 0 aliphatic heterocycles. The van der Waals surface area contributed by atoms with Gasteiger partial charge in [-0.2, -0.15) is 0 Å². The fraction of sp³-hybridized carbons (Fsp3) is 0.235. The van der Waals surface area contributed by atoms with Crippen molar-refractivity contribution in [1.29, 1.82) is 0 Å². The summed E-state index contributed by atoms with van der Waals surface area (Å²) in [7, 11) is 0. The summed E-state index contributed by atoms with van der Waals surface area (Å²) in [6, 6.07) is 23.0. The van der Waals surface area contributed by atoms with Crippen LogP contribution in [0.15, 0.2) is 60.7 Å². The summed E-state index contributed by atoms with van der Waals surface area (Å²) in [5, 5.41) is 10.9. The topological polar surface area (TPSA) is 35.8 Å². The molecule has 0 aliphatic rings. The van der Waals surface area contributed by atoms with E-state index in [1.165, 1.54) is 11.1 Å². The Morgan fingerprint density at radius 1 is 1.00 bits per heavy atom. The molecule has 2 heteroatoms. The van der Waals surface area contributed by atoms with Gasteiger partial charge >= 0.3 is 0 Å². The van der Waals surface area contributed by atoms with E-state index in [4.69, 9.17) is 5.26 Å². The Morgan fingerprint density at radius 2 is 1.58 bits per heavy atom. The van der Waals surface area contributed by atoms with Crippen molar-refractivity contribution in [1.82, 2.24) is 5.32 Å². The molecule has 0 bridgehead atoms. The average molecular weight is 251 g/mol. The highest BCUT2D eigenvalue weighted by Crippen LogP contribution is 2.18. The van der Waals surface area contributed by atoms with Gasteiger partial charge in [0.15, 0.2) is 0 Å². The van der Waals surface area contributed by atoms with Crippen molar-refractivity contribution in [3.8, 4) is 6.07 Å². The Labute approximate surface area is 114 Å². The lowest BCUT2D eigenvalue weighted by Gasteiger charge is -2.17. The van der Waals surface area contributed by atoms with Crippen molar-refractivity contribution in [2.45, 2.75) is 25.4 Å². The van der Waals surface area contributed by atoms with E-state index in [0.717, 1.165) is 6.54 Å². The summed E-state index contributed by atoms with van der Waals surface area (Å²) >= 11 is 0. The zero-order valence-electron chi connectivity index (χ0n) is 11.1. The Morgan fingerprint density at radius 3 is 2.16 bits per heavy atom. The molecular weight excluding hydrogens is 232 g/mol. The van der Waals surface area contributed by atoms with Gasteiger partial charge in [0.05, 0.1) is 0 Å². The molecule has 2 nitrogen and oxygen atoms in total. The zero-order valence-corrected chi connectivity index (χ0v) is 11.1. The van der Waals surface area contributed by atoms with Crippen LogP contribution in [0.5, 0.6) is 0 Å². The smallest absolute Gasteiger partial charge is 0.289 e. The maximum Gasteiger partial charge on any atom is 0.289 e. The summed E-state index contributed by atoms with van der Waals surface area (Å²) < 4.78 is 0. The molecule has 0 saturated heterocycles. The van der Waals surface area contributed by atoms with Gasteiger partial charge in [-0.05, 0) is 11.1 Å². The fourth-order valence-corrected chi connectivity index (χ4v) is 2.13. The quantitative estimate of drug-likeness (QED) is 0.834. The van der Waals surface area contributed by atoms with Gasteiger partial charge in [-0.3, -0.25) is 5.32 Å². The first kappa shape index (κ1) is 13.3. The normalized spacial score (nSPS) is 13.5. The van der Waals surface area contributed by atoms with Crippen molar-refractivity contribution in [3.63, 3.8) is 0 Å². The van der Waals surface area contributed by atoms with E-state index < -0.39 is 0 Å². The van der Waals surface area contributed by atoms with E-state index in [9.17, 15) is 0 Å². The molecule has 19 heavy (non-hydrogen) atoms. The van der Waals surface area contributed by atoms with E-state index in [2.05, 4.69) is 42.6 Å². The van der Waals surface area contributed by atoms with Crippen LogP contribution in [0, 0.1) is 6.07 Å². The van der Waals surface area contributed by atoms with Gasteiger partial charge in [-0.1, -0.05) is 72.8 Å². The van der Waals surface area contributed by atoms with Crippen LogP contribution < -0.4 is 10.6 Å². The van der Waals surface area contributed by atoms with Gasteiger partial charge in [-0.15, -0.1) is 0 Å². The van der Waals surface area contributed by atoms with Crippen LogP contribution in [0.25, 0.3) is 0 Å². The molecule has 0 aromatic heterocycles. The molecule has 2 aromatic carbocycles. The second-order valence-electron chi connectivity index (χ2n) is 4.69. The van der Waals surface area contributed by atoms with E-state index in [1.54, 1.807) is 0 Å². The van der Waals surface area contributed by atoms with Crippen LogP contribution in [0.2, 0.25) is 0 Å². The van der Waals surface area contributed by atoms with Gasteiger partial charge in [-0.25, -0.2) is 0 Å². The summed E-state index contributed by atoms with van der Waals surface area (Å²) in [5.74, 6) is 0.238. The largest absolute Gasteiger partial charge is 0.294 e. The third-order valence-corrected chi connectivity index (χ3v) is 3.35. The van der Waals surface area contributed by atoms with Crippen LogP contribution in [-0.4, -0.2) is 6.04 Å². The lowest BCUT2D eigenvalue weighted by Crippen LogP contribution is -2.37. The minimum absolute atomic E-state index is 0.0670. The standard InChI is InChI=1S/C17H18N2/c1-14(16-10-6-3-7-11-16)17(12-18)19-13-15-8-4-2-5-9-15/h2-11,14,17,19H,13H2,1H3/p+1/t14-,17-/m1/s1. The van der Waals surface area contributed by atoms with Crippen LogP contribution in [0.1, 0.15) is 24.0 Å². The van der Waals surface area contributed by atoms with Gasteiger partial charge in [0.25, 0.3) is 6.07 Å². The summed E-state index contributed by atoms with van der Waals surface area (Å²) in [6.07, 6.45) is 0. The van der Waals surface area contributed by atoms with E-state index in [-0.39, 0.29) is 12.0 Å². The molecule has 0 aliphatic carbocycles. The molecule has 0 amide bonds. The maximum absolute atomic E-state index is 7.49. The summed E-state index contributed by atoms with van der Waals surface area (Å²) in [4.78, 5) is 0. The van der Waals surface area contributed by atoms with Gasteiger partial charge < -0.3 is 0 Å². The molecule has 0 radical (unpaired) electrons. The SMILES string of the molecule is C[C@H](c1ccccc1)[C@@H](C#[NH+])NCc1ccccc1. The third kappa shape index (κ3) is 3.67. The summed E-state index contributed by atoms with van der Waals surface area (Å²) in [6.45, 7) is 2.88. The first-order valence-electron chi connectivity index (χ1n) is 6.56. The molecule has 2 N–H and O–H groups in total.